The average molecular weight is 248 g/mol. The fourth-order valence-electron chi connectivity index (χ4n) is 1.45. The molecular formula is C11H11F3O3. The Balaban J connectivity index is 2.95. The summed E-state index contributed by atoms with van der Waals surface area (Å²) in [7, 11) is 0. The van der Waals surface area contributed by atoms with E-state index in [0.29, 0.717) is 0 Å². The lowest BCUT2D eigenvalue weighted by Gasteiger charge is -2.17. The highest BCUT2D eigenvalue weighted by molar-refractivity contribution is 5.67. The molecule has 3 nitrogen and oxygen atoms in total. The molecular weight excluding hydrogens is 237 g/mol. The van der Waals surface area contributed by atoms with Gasteiger partial charge in [0.15, 0.2) is 6.10 Å². The Bertz CT molecular complexity index is 401. The lowest BCUT2D eigenvalue weighted by atomic mass is 9.98. The Labute approximate surface area is 95.5 Å². The number of carbonyl (C=O) groups is 1. The smallest absolute Gasteiger partial charge is 0.418 e. The minimum atomic E-state index is -4.75. The molecule has 1 unspecified atom stereocenters. The SMILES string of the molecule is O=C(O)CCc1ccccc1C(O)C(F)(F)F. The molecule has 1 rings (SSSR count). The van der Waals surface area contributed by atoms with Gasteiger partial charge in [-0.15, -0.1) is 0 Å². The number of carboxylic acid groups (broad SMARTS) is 1. The normalized spacial score (nSPS) is 13.4. The zero-order valence-electron chi connectivity index (χ0n) is 8.74. The van der Waals surface area contributed by atoms with Crippen molar-refractivity contribution >= 4 is 5.97 Å². The van der Waals surface area contributed by atoms with Gasteiger partial charge in [-0.2, -0.15) is 13.2 Å². The van der Waals surface area contributed by atoms with Crippen molar-refractivity contribution in [3.8, 4) is 0 Å². The number of hydrogen-bond acceptors (Lipinski definition) is 2. The van der Waals surface area contributed by atoms with Crippen LogP contribution in [0.2, 0.25) is 0 Å². The second-order valence-corrected chi connectivity index (χ2v) is 3.54. The first-order valence-electron chi connectivity index (χ1n) is 4.86. The minimum absolute atomic E-state index is 0.0430. The van der Waals surface area contributed by atoms with Crippen LogP contribution in [-0.2, 0) is 11.2 Å². The summed E-state index contributed by atoms with van der Waals surface area (Å²) >= 11 is 0. The summed E-state index contributed by atoms with van der Waals surface area (Å²) in [5.74, 6) is -1.10. The van der Waals surface area contributed by atoms with Crippen LogP contribution in [-0.4, -0.2) is 22.4 Å². The van der Waals surface area contributed by atoms with Gasteiger partial charge in [-0.1, -0.05) is 24.3 Å². The first-order chi connectivity index (χ1) is 7.82. The lowest BCUT2D eigenvalue weighted by Crippen LogP contribution is -2.21. The van der Waals surface area contributed by atoms with Gasteiger partial charge in [-0.3, -0.25) is 4.79 Å². The van der Waals surface area contributed by atoms with Crippen LogP contribution in [0.1, 0.15) is 23.7 Å². The standard InChI is InChI=1S/C11H11F3O3/c12-11(13,14)10(17)8-4-2-1-3-7(8)5-6-9(15)16/h1-4,10,17H,5-6H2,(H,15,16). The molecule has 17 heavy (non-hydrogen) atoms. The fraction of sp³-hybridized carbons (Fsp3) is 0.364. The second-order valence-electron chi connectivity index (χ2n) is 3.54. The molecule has 0 radical (unpaired) electrons. The van der Waals surface area contributed by atoms with Crippen molar-refractivity contribution in [3.63, 3.8) is 0 Å². The summed E-state index contributed by atoms with van der Waals surface area (Å²) in [6.45, 7) is 0. The third kappa shape index (κ3) is 3.74. The van der Waals surface area contributed by atoms with Crippen molar-refractivity contribution in [2.75, 3.05) is 0 Å². The Morgan fingerprint density at radius 1 is 1.29 bits per heavy atom. The molecule has 1 atom stereocenters. The van der Waals surface area contributed by atoms with E-state index in [9.17, 15) is 18.0 Å². The molecule has 1 aromatic rings. The molecule has 0 aliphatic rings. The van der Waals surface area contributed by atoms with E-state index in [4.69, 9.17) is 10.2 Å². The largest absolute Gasteiger partial charge is 0.481 e. The van der Waals surface area contributed by atoms with Crippen molar-refractivity contribution in [2.24, 2.45) is 0 Å². The molecule has 0 fully saturated rings. The van der Waals surface area contributed by atoms with Gasteiger partial charge < -0.3 is 10.2 Å². The fourth-order valence-corrected chi connectivity index (χ4v) is 1.45. The molecule has 0 aliphatic heterocycles. The van der Waals surface area contributed by atoms with Crippen LogP contribution < -0.4 is 0 Å². The van der Waals surface area contributed by atoms with Gasteiger partial charge in [0.25, 0.3) is 0 Å². The summed E-state index contributed by atoms with van der Waals surface area (Å²) in [5, 5.41) is 17.6. The molecule has 6 heteroatoms. The van der Waals surface area contributed by atoms with Gasteiger partial charge in [-0.25, -0.2) is 0 Å². The Morgan fingerprint density at radius 3 is 2.41 bits per heavy atom. The minimum Gasteiger partial charge on any atom is -0.481 e. The van der Waals surface area contributed by atoms with Crippen LogP contribution in [0.3, 0.4) is 0 Å². The second kappa shape index (κ2) is 5.18. The molecule has 0 aliphatic carbocycles. The predicted octanol–water partition coefficient (Wildman–Crippen LogP) is 2.30. The zero-order valence-corrected chi connectivity index (χ0v) is 8.74. The van der Waals surface area contributed by atoms with Gasteiger partial charge in [-0.05, 0) is 17.5 Å². The molecule has 0 heterocycles. The van der Waals surface area contributed by atoms with E-state index in [2.05, 4.69) is 0 Å². The van der Waals surface area contributed by atoms with Gasteiger partial charge in [0, 0.05) is 6.42 Å². The maximum absolute atomic E-state index is 12.3. The van der Waals surface area contributed by atoms with E-state index in [0.717, 1.165) is 6.07 Å². The molecule has 2 N–H and O–H groups in total. The number of alkyl halides is 3. The number of halogens is 3. The highest BCUT2D eigenvalue weighted by Crippen LogP contribution is 2.34. The number of hydrogen-bond donors (Lipinski definition) is 2. The lowest BCUT2D eigenvalue weighted by molar-refractivity contribution is -0.207. The number of benzene rings is 1. The summed E-state index contributed by atoms with van der Waals surface area (Å²) in [6, 6.07) is 5.40. The van der Waals surface area contributed by atoms with Crippen molar-refractivity contribution in [2.45, 2.75) is 25.1 Å². The molecule has 0 bridgehead atoms. The van der Waals surface area contributed by atoms with E-state index in [1.165, 1.54) is 18.2 Å². The van der Waals surface area contributed by atoms with Gasteiger partial charge in [0.05, 0.1) is 0 Å². The molecule has 0 amide bonds. The topological polar surface area (TPSA) is 57.5 Å². The zero-order chi connectivity index (χ0) is 13.1. The summed E-state index contributed by atoms with van der Waals surface area (Å²) in [5.41, 5.74) is -0.0963. The number of aliphatic hydroxyl groups excluding tert-OH is 1. The van der Waals surface area contributed by atoms with Crippen molar-refractivity contribution in [1.82, 2.24) is 0 Å². The Morgan fingerprint density at radius 2 is 1.88 bits per heavy atom. The average Bonchev–Trinajstić information content (AvgIpc) is 2.24. The van der Waals surface area contributed by atoms with Crippen molar-refractivity contribution in [1.29, 1.82) is 0 Å². The van der Waals surface area contributed by atoms with Crippen LogP contribution in [0.15, 0.2) is 24.3 Å². The van der Waals surface area contributed by atoms with E-state index < -0.39 is 18.2 Å². The van der Waals surface area contributed by atoms with Gasteiger partial charge in [0.1, 0.15) is 0 Å². The maximum atomic E-state index is 12.3. The summed E-state index contributed by atoms with van der Waals surface area (Å²) < 4.78 is 37.0. The first-order valence-corrected chi connectivity index (χ1v) is 4.86. The van der Waals surface area contributed by atoms with Crippen molar-refractivity contribution < 1.29 is 28.2 Å². The molecule has 0 spiro atoms. The van der Waals surface area contributed by atoms with Crippen LogP contribution in [0.4, 0.5) is 13.2 Å². The number of aliphatic hydroxyl groups is 1. The van der Waals surface area contributed by atoms with E-state index >= 15 is 0 Å². The van der Waals surface area contributed by atoms with Gasteiger partial charge >= 0.3 is 12.1 Å². The summed E-state index contributed by atoms with van der Waals surface area (Å²) in [6.07, 6.45) is -7.65. The van der Waals surface area contributed by atoms with Crippen LogP contribution in [0.25, 0.3) is 0 Å². The van der Waals surface area contributed by atoms with Crippen LogP contribution in [0, 0.1) is 0 Å². The highest BCUT2D eigenvalue weighted by Gasteiger charge is 2.40. The number of carboxylic acids is 1. The molecule has 94 valence electrons. The quantitative estimate of drug-likeness (QED) is 0.859. The van der Waals surface area contributed by atoms with E-state index in [1.54, 1.807) is 0 Å². The molecule has 1 aromatic carbocycles. The van der Waals surface area contributed by atoms with Gasteiger partial charge in [0.2, 0.25) is 0 Å². The number of rotatable bonds is 4. The predicted molar refractivity (Wildman–Crippen MR) is 53.4 cm³/mol. The molecule has 0 aromatic heterocycles. The third-order valence-corrected chi connectivity index (χ3v) is 2.27. The Hall–Kier alpha value is -1.56. The number of aliphatic carboxylic acids is 1. The number of aryl methyl sites for hydroxylation is 1. The molecule has 0 saturated carbocycles. The Kier molecular flexibility index (Phi) is 4.11. The van der Waals surface area contributed by atoms with E-state index in [1.807, 2.05) is 0 Å². The first kappa shape index (κ1) is 13.5. The monoisotopic (exact) mass is 248 g/mol. The highest BCUT2D eigenvalue weighted by atomic mass is 19.4. The van der Waals surface area contributed by atoms with E-state index in [-0.39, 0.29) is 24.0 Å². The molecule has 0 saturated heterocycles. The summed E-state index contributed by atoms with van der Waals surface area (Å²) in [4.78, 5) is 10.4. The third-order valence-electron chi connectivity index (χ3n) is 2.27. The van der Waals surface area contributed by atoms with Crippen LogP contribution in [0.5, 0.6) is 0 Å². The van der Waals surface area contributed by atoms with Crippen LogP contribution >= 0.6 is 0 Å². The maximum Gasteiger partial charge on any atom is 0.418 e. The van der Waals surface area contributed by atoms with Crippen molar-refractivity contribution in [3.05, 3.63) is 35.4 Å².